The molecule has 1 aliphatic rings. The molecule has 1 heterocycles. The number of hydrogen-bond acceptors (Lipinski definition) is 1. The number of nitrogens with zero attached hydrogens (tertiary/aromatic N) is 1. The van der Waals surface area contributed by atoms with Crippen molar-refractivity contribution < 1.29 is 8.78 Å². The van der Waals surface area contributed by atoms with Gasteiger partial charge in [0.15, 0.2) is 11.6 Å². The first kappa shape index (κ1) is 11.7. The van der Waals surface area contributed by atoms with Gasteiger partial charge in [0.2, 0.25) is 0 Å². The molecule has 0 aliphatic heterocycles. The van der Waals surface area contributed by atoms with Gasteiger partial charge < -0.3 is 9.88 Å². The molecule has 1 N–H and O–H groups in total. The monoisotopic (exact) mass is 250 g/mol. The van der Waals surface area contributed by atoms with Crippen LogP contribution in [0.3, 0.4) is 0 Å². The summed E-state index contributed by atoms with van der Waals surface area (Å²) >= 11 is 0. The van der Waals surface area contributed by atoms with E-state index in [1.807, 2.05) is 0 Å². The van der Waals surface area contributed by atoms with Crippen LogP contribution in [0.1, 0.15) is 17.7 Å². The third kappa shape index (κ3) is 1.63. The van der Waals surface area contributed by atoms with Crippen molar-refractivity contribution in [1.82, 2.24) is 9.88 Å². The van der Waals surface area contributed by atoms with Gasteiger partial charge >= 0.3 is 0 Å². The predicted molar refractivity (Wildman–Crippen MR) is 67.7 cm³/mol. The van der Waals surface area contributed by atoms with Crippen LogP contribution >= 0.6 is 0 Å². The molecule has 3 rings (SSSR count). The number of aromatic amines is 1. The van der Waals surface area contributed by atoms with Crippen LogP contribution in [-0.2, 0) is 12.8 Å². The van der Waals surface area contributed by atoms with Gasteiger partial charge in [-0.05, 0) is 51.1 Å². The Balaban J connectivity index is 2.14. The molecule has 1 aromatic heterocycles. The zero-order valence-corrected chi connectivity index (χ0v) is 10.6. The fourth-order valence-corrected chi connectivity index (χ4v) is 2.85. The van der Waals surface area contributed by atoms with E-state index < -0.39 is 11.6 Å². The van der Waals surface area contributed by atoms with E-state index in [2.05, 4.69) is 24.0 Å². The normalized spacial score (nSPS) is 19.5. The lowest BCUT2D eigenvalue weighted by Gasteiger charge is -2.28. The minimum Gasteiger partial charge on any atom is -0.356 e. The van der Waals surface area contributed by atoms with Gasteiger partial charge in [0.05, 0.1) is 5.52 Å². The summed E-state index contributed by atoms with van der Waals surface area (Å²) in [5.74, 6) is -1.55. The van der Waals surface area contributed by atoms with E-state index in [4.69, 9.17) is 0 Å². The van der Waals surface area contributed by atoms with Crippen molar-refractivity contribution in [3.63, 3.8) is 0 Å². The molecule has 0 amide bonds. The highest BCUT2D eigenvalue weighted by molar-refractivity contribution is 5.85. The van der Waals surface area contributed by atoms with Crippen LogP contribution in [0.5, 0.6) is 0 Å². The molecule has 0 saturated carbocycles. The third-order valence-corrected chi connectivity index (χ3v) is 3.96. The average Bonchev–Trinajstić information content (AvgIpc) is 2.72. The lowest BCUT2D eigenvalue weighted by Crippen LogP contribution is -2.33. The molecule has 0 saturated heterocycles. The number of H-pyrrole nitrogens is 1. The van der Waals surface area contributed by atoms with Crippen molar-refractivity contribution in [2.75, 3.05) is 14.1 Å². The SMILES string of the molecule is CN(C)C1CCc2[nH]c3c(F)c(F)ccc3c2C1. The van der Waals surface area contributed by atoms with Crippen molar-refractivity contribution in [3.05, 3.63) is 35.0 Å². The second-order valence-electron chi connectivity index (χ2n) is 5.23. The fourth-order valence-electron chi connectivity index (χ4n) is 2.85. The second kappa shape index (κ2) is 4.05. The molecule has 1 unspecified atom stereocenters. The van der Waals surface area contributed by atoms with E-state index in [-0.39, 0.29) is 0 Å². The molecule has 0 bridgehead atoms. The standard InChI is InChI=1S/C14H16F2N2/c1-18(2)8-3-6-12-10(7-8)9-4-5-11(15)13(16)14(9)17-12/h4-5,8,17H,3,6-7H2,1-2H3. The number of halogens is 2. The molecule has 1 atom stereocenters. The van der Waals surface area contributed by atoms with Gasteiger partial charge in [0, 0.05) is 17.1 Å². The van der Waals surface area contributed by atoms with Crippen molar-refractivity contribution in [1.29, 1.82) is 0 Å². The van der Waals surface area contributed by atoms with Crippen LogP contribution in [0.25, 0.3) is 10.9 Å². The predicted octanol–water partition coefficient (Wildman–Crippen LogP) is 2.87. The molecule has 18 heavy (non-hydrogen) atoms. The quantitative estimate of drug-likeness (QED) is 0.824. The van der Waals surface area contributed by atoms with E-state index in [0.717, 1.165) is 35.9 Å². The van der Waals surface area contributed by atoms with Crippen molar-refractivity contribution >= 4 is 10.9 Å². The van der Waals surface area contributed by atoms with Crippen LogP contribution in [0.4, 0.5) is 8.78 Å². The molecular formula is C14H16F2N2. The van der Waals surface area contributed by atoms with Crippen molar-refractivity contribution in [2.24, 2.45) is 0 Å². The Kier molecular flexibility index (Phi) is 2.63. The first-order valence-electron chi connectivity index (χ1n) is 6.21. The topological polar surface area (TPSA) is 19.0 Å². The number of hydrogen-bond donors (Lipinski definition) is 1. The number of nitrogens with one attached hydrogen (secondary N) is 1. The molecule has 2 nitrogen and oxygen atoms in total. The summed E-state index contributed by atoms with van der Waals surface area (Å²) in [7, 11) is 4.12. The molecule has 0 radical (unpaired) electrons. The maximum absolute atomic E-state index is 13.7. The summed E-state index contributed by atoms with van der Waals surface area (Å²) in [6, 6.07) is 3.37. The van der Waals surface area contributed by atoms with Crippen LogP contribution in [0.2, 0.25) is 0 Å². The van der Waals surface area contributed by atoms with Crippen LogP contribution in [0.15, 0.2) is 12.1 Å². The minimum atomic E-state index is -0.787. The molecule has 2 aromatic rings. The first-order valence-corrected chi connectivity index (χ1v) is 6.21. The maximum Gasteiger partial charge on any atom is 0.182 e. The number of aryl methyl sites for hydroxylation is 1. The third-order valence-electron chi connectivity index (χ3n) is 3.96. The number of likely N-dealkylation sites (N-methyl/N-ethyl adjacent to an activating group) is 1. The highest BCUT2D eigenvalue weighted by Gasteiger charge is 2.25. The Bertz CT molecular complexity index is 601. The van der Waals surface area contributed by atoms with Gasteiger partial charge in [-0.2, -0.15) is 0 Å². The van der Waals surface area contributed by atoms with Gasteiger partial charge in [0.25, 0.3) is 0 Å². The molecule has 0 fully saturated rings. The maximum atomic E-state index is 13.7. The zero-order chi connectivity index (χ0) is 12.9. The summed E-state index contributed by atoms with van der Waals surface area (Å²) < 4.78 is 26.9. The van der Waals surface area contributed by atoms with Gasteiger partial charge in [-0.25, -0.2) is 8.78 Å². The van der Waals surface area contributed by atoms with Gasteiger partial charge in [-0.1, -0.05) is 0 Å². The van der Waals surface area contributed by atoms with Gasteiger partial charge in [-0.3, -0.25) is 0 Å². The highest BCUT2D eigenvalue weighted by Crippen LogP contribution is 2.32. The summed E-state index contributed by atoms with van der Waals surface area (Å²) in [4.78, 5) is 5.25. The summed E-state index contributed by atoms with van der Waals surface area (Å²) in [5, 5.41) is 0.829. The Labute approximate surface area is 105 Å². The molecule has 1 aromatic carbocycles. The van der Waals surface area contributed by atoms with E-state index >= 15 is 0 Å². The highest BCUT2D eigenvalue weighted by atomic mass is 19.2. The van der Waals surface area contributed by atoms with Crippen molar-refractivity contribution in [3.8, 4) is 0 Å². The zero-order valence-electron chi connectivity index (χ0n) is 10.6. The Hall–Kier alpha value is -1.42. The molecular weight excluding hydrogens is 234 g/mol. The molecule has 1 aliphatic carbocycles. The smallest absolute Gasteiger partial charge is 0.182 e. The van der Waals surface area contributed by atoms with E-state index in [1.165, 1.54) is 6.07 Å². The van der Waals surface area contributed by atoms with Crippen molar-refractivity contribution in [2.45, 2.75) is 25.3 Å². The average molecular weight is 250 g/mol. The van der Waals surface area contributed by atoms with Gasteiger partial charge in [-0.15, -0.1) is 0 Å². The van der Waals surface area contributed by atoms with Crippen LogP contribution in [-0.4, -0.2) is 30.0 Å². The summed E-state index contributed by atoms with van der Waals surface area (Å²) in [6.45, 7) is 0. The number of benzene rings is 1. The van der Waals surface area contributed by atoms with Gasteiger partial charge in [0.1, 0.15) is 0 Å². The number of aromatic nitrogens is 1. The van der Waals surface area contributed by atoms with E-state index in [0.29, 0.717) is 11.6 Å². The number of rotatable bonds is 1. The number of fused-ring (bicyclic) bond motifs is 3. The Morgan fingerprint density at radius 3 is 2.78 bits per heavy atom. The molecule has 96 valence electrons. The van der Waals surface area contributed by atoms with E-state index in [9.17, 15) is 8.78 Å². The first-order chi connectivity index (χ1) is 8.58. The van der Waals surface area contributed by atoms with Crippen LogP contribution in [0, 0.1) is 11.6 Å². The van der Waals surface area contributed by atoms with Crippen LogP contribution < -0.4 is 0 Å². The fraction of sp³-hybridized carbons (Fsp3) is 0.429. The Morgan fingerprint density at radius 1 is 1.28 bits per heavy atom. The lowest BCUT2D eigenvalue weighted by atomic mass is 9.91. The summed E-state index contributed by atoms with van der Waals surface area (Å²) in [5.41, 5.74) is 2.53. The second-order valence-corrected chi connectivity index (χ2v) is 5.23. The van der Waals surface area contributed by atoms with E-state index in [1.54, 1.807) is 6.07 Å². The summed E-state index contributed by atoms with van der Waals surface area (Å²) in [6.07, 6.45) is 2.85. The Morgan fingerprint density at radius 2 is 2.06 bits per heavy atom. The molecule has 0 spiro atoms. The largest absolute Gasteiger partial charge is 0.356 e. The minimum absolute atomic E-state index is 0.319. The molecule has 4 heteroatoms. The lowest BCUT2D eigenvalue weighted by molar-refractivity contribution is 0.268.